The topological polar surface area (TPSA) is 76.1 Å². The fraction of sp³-hybridized carbons (Fsp3) is 0.214. The van der Waals surface area contributed by atoms with E-state index in [2.05, 4.69) is 0 Å². The summed E-state index contributed by atoms with van der Waals surface area (Å²) in [5.41, 5.74) is 2.06. The highest BCUT2D eigenvalue weighted by Crippen LogP contribution is 2.41. The average molecular weight is 458 g/mol. The van der Waals surface area contributed by atoms with Crippen LogP contribution < -0.4 is 9.47 Å². The Bertz CT molecular complexity index is 1200. The molecule has 0 aromatic heterocycles. The van der Waals surface area contributed by atoms with E-state index in [-0.39, 0.29) is 17.9 Å². The summed E-state index contributed by atoms with van der Waals surface area (Å²) in [6.07, 6.45) is 0.888. The molecule has 1 fully saturated rings. The number of carbonyl (C=O) groups is 2. The van der Waals surface area contributed by atoms with Crippen molar-refractivity contribution in [3.8, 4) is 11.5 Å². The monoisotopic (exact) mass is 457 g/mol. The van der Waals surface area contributed by atoms with Gasteiger partial charge in [-0.25, -0.2) is 0 Å². The summed E-state index contributed by atoms with van der Waals surface area (Å²) in [6, 6.07) is 22.8. The zero-order chi connectivity index (χ0) is 24.1. The van der Waals surface area contributed by atoms with Gasteiger partial charge in [-0.1, -0.05) is 61.5 Å². The largest absolute Gasteiger partial charge is 0.507 e. The Hall–Kier alpha value is -4.06. The van der Waals surface area contributed by atoms with Crippen LogP contribution in [0.4, 0.5) is 0 Å². The molecule has 0 bridgehead atoms. The van der Waals surface area contributed by atoms with Gasteiger partial charge < -0.3 is 19.5 Å². The van der Waals surface area contributed by atoms with Crippen LogP contribution in [0.3, 0.4) is 0 Å². The van der Waals surface area contributed by atoms with Gasteiger partial charge in [0.05, 0.1) is 25.3 Å². The standard InChI is InChI=1S/C28H27NO5/c1-3-16-34-22-14-12-20(13-15-22)25-24(26(30)21-10-7-11-23(17-21)33-2)27(31)28(32)29(25)18-19-8-5-4-6-9-19/h4-15,17,25,30H,3,16,18H2,1-2H3/b26-24+. The number of methoxy groups -OCH3 is 1. The van der Waals surface area contributed by atoms with Gasteiger partial charge in [0.25, 0.3) is 11.7 Å². The number of hydrogen-bond donors (Lipinski definition) is 1. The molecule has 1 N–H and O–H groups in total. The summed E-state index contributed by atoms with van der Waals surface area (Å²) >= 11 is 0. The molecule has 34 heavy (non-hydrogen) atoms. The van der Waals surface area contributed by atoms with Crippen molar-refractivity contribution >= 4 is 17.4 Å². The van der Waals surface area contributed by atoms with Crippen molar-refractivity contribution in [2.75, 3.05) is 13.7 Å². The first kappa shape index (κ1) is 23.1. The quantitative estimate of drug-likeness (QED) is 0.289. The van der Waals surface area contributed by atoms with Crippen molar-refractivity contribution in [3.05, 3.63) is 101 Å². The van der Waals surface area contributed by atoms with Crippen LogP contribution in [0.5, 0.6) is 11.5 Å². The van der Waals surface area contributed by atoms with E-state index in [0.29, 0.717) is 29.2 Å². The Morgan fingerprint density at radius 2 is 1.68 bits per heavy atom. The molecule has 0 spiro atoms. The molecule has 4 rings (SSSR count). The van der Waals surface area contributed by atoms with Crippen LogP contribution in [0.25, 0.3) is 5.76 Å². The molecule has 0 aliphatic carbocycles. The Morgan fingerprint density at radius 3 is 2.35 bits per heavy atom. The highest BCUT2D eigenvalue weighted by Gasteiger charge is 2.46. The number of Topliss-reactive ketones (excluding diaryl/α,β-unsaturated/α-hetero) is 1. The minimum atomic E-state index is -0.744. The molecule has 0 radical (unpaired) electrons. The smallest absolute Gasteiger partial charge is 0.295 e. The second kappa shape index (κ2) is 10.3. The fourth-order valence-electron chi connectivity index (χ4n) is 4.06. The maximum Gasteiger partial charge on any atom is 0.295 e. The highest BCUT2D eigenvalue weighted by molar-refractivity contribution is 6.46. The van der Waals surface area contributed by atoms with Crippen molar-refractivity contribution in [1.29, 1.82) is 0 Å². The Morgan fingerprint density at radius 1 is 0.941 bits per heavy atom. The van der Waals surface area contributed by atoms with E-state index in [0.717, 1.165) is 12.0 Å². The van der Waals surface area contributed by atoms with Gasteiger partial charge in [0.2, 0.25) is 0 Å². The van der Waals surface area contributed by atoms with Gasteiger partial charge >= 0.3 is 0 Å². The third-order valence-corrected chi connectivity index (χ3v) is 5.75. The highest BCUT2D eigenvalue weighted by atomic mass is 16.5. The Kier molecular flexibility index (Phi) is 6.97. The van der Waals surface area contributed by atoms with Gasteiger partial charge in [0.15, 0.2) is 0 Å². The minimum absolute atomic E-state index is 0.0522. The molecule has 3 aromatic rings. The van der Waals surface area contributed by atoms with Crippen molar-refractivity contribution in [2.45, 2.75) is 25.9 Å². The normalized spacial score (nSPS) is 17.1. The lowest BCUT2D eigenvalue weighted by molar-refractivity contribution is -0.140. The maximum atomic E-state index is 13.2. The zero-order valence-electron chi connectivity index (χ0n) is 19.2. The molecule has 6 heteroatoms. The molecule has 0 saturated carbocycles. The van der Waals surface area contributed by atoms with Crippen molar-refractivity contribution in [1.82, 2.24) is 4.90 Å². The summed E-state index contributed by atoms with van der Waals surface area (Å²) in [6.45, 7) is 2.87. The molecule has 1 aliphatic rings. The van der Waals surface area contributed by atoms with E-state index in [1.165, 1.54) is 12.0 Å². The lowest BCUT2D eigenvalue weighted by atomic mass is 9.95. The van der Waals surface area contributed by atoms with Crippen LogP contribution in [0, 0.1) is 0 Å². The van der Waals surface area contributed by atoms with Gasteiger partial charge in [0, 0.05) is 12.1 Å². The second-order valence-corrected chi connectivity index (χ2v) is 8.06. The molecule has 1 atom stereocenters. The summed E-state index contributed by atoms with van der Waals surface area (Å²) in [7, 11) is 1.53. The zero-order valence-corrected chi connectivity index (χ0v) is 19.2. The number of ketones is 1. The predicted molar refractivity (Wildman–Crippen MR) is 130 cm³/mol. The predicted octanol–water partition coefficient (Wildman–Crippen LogP) is 5.11. The van der Waals surface area contributed by atoms with Crippen molar-refractivity contribution in [3.63, 3.8) is 0 Å². The third-order valence-electron chi connectivity index (χ3n) is 5.75. The van der Waals surface area contributed by atoms with E-state index >= 15 is 0 Å². The molecule has 1 unspecified atom stereocenters. The number of nitrogens with zero attached hydrogens (tertiary/aromatic N) is 1. The summed E-state index contributed by atoms with van der Waals surface area (Å²) in [5.74, 6) is -0.351. The number of aliphatic hydroxyl groups is 1. The van der Waals surface area contributed by atoms with Crippen molar-refractivity contribution < 1.29 is 24.2 Å². The molecule has 1 aliphatic heterocycles. The van der Waals surface area contributed by atoms with Crippen LogP contribution in [-0.4, -0.2) is 35.4 Å². The Labute approximate surface area is 199 Å². The van der Waals surface area contributed by atoms with E-state index < -0.39 is 17.7 Å². The molecule has 1 heterocycles. The van der Waals surface area contributed by atoms with E-state index in [1.54, 1.807) is 24.3 Å². The maximum absolute atomic E-state index is 13.2. The fourth-order valence-corrected chi connectivity index (χ4v) is 4.06. The number of likely N-dealkylation sites (tertiary alicyclic amines) is 1. The number of ether oxygens (including phenoxy) is 2. The Balaban J connectivity index is 1.81. The van der Waals surface area contributed by atoms with Crippen LogP contribution in [0.1, 0.15) is 36.1 Å². The van der Waals surface area contributed by atoms with Crippen LogP contribution >= 0.6 is 0 Å². The van der Waals surface area contributed by atoms with Crippen LogP contribution in [0.15, 0.2) is 84.4 Å². The second-order valence-electron chi connectivity index (χ2n) is 8.06. The molecule has 174 valence electrons. The summed E-state index contributed by atoms with van der Waals surface area (Å²) in [5, 5.41) is 11.2. The molecular formula is C28H27NO5. The lowest BCUT2D eigenvalue weighted by Crippen LogP contribution is -2.29. The molecular weight excluding hydrogens is 430 g/mol. The number of rotatable bonds is 8. The van der Waals surface area contributed by atoms with Gasteiger partial charge in [0.1, 0.15) is 17.3 Å². The van der Waals surface area contributed by atoms with Gasteiger partial charge in [-0.2, -0.15) is 0 Å². The van der Waals surface area contributed by atoms with E-state index in [4.69, 9.17) is 9.47 Å². The number of amides is 1. The number of aliphatic hydroxyl groups excluding tert-OH is 1. The minimum Gasteiger partial charge on any atom is -0.507 e. The average Bonchev–Trinajstić information content (AvgIpc) is 3.13. The van der Waals surface area contributed by atoms with Crippen LogP contribution in [0.2, 0.25) is 0 Å². The van der Waals surface area contributed by atoms with Crippen molar-refractivity contribution in [2.24, 2.45) is 0 Å². The number of hydrogen-bond acceptors (Lipinski definition) is 5. The first-order chi connectivity index (χ1) is 16.5. The number of carbonyl (C=O) groups excluding carboxylic acids is 2. The van der Waals surface area contributed by atoms with Crippen LogP contribution in [-0.2, 0) is 16.1 Å². The van der Waals surface area contributed by atoms with Gasteiger partial charge in [-0.3, -0.25) is 9.59 Å². The molecule has 6 nitrogen and oxygen atoms in total. The molecule has 1 saturated heterocycles. The molecule has 3 aromatic carbocycles. The lowest BCUT2D eigenvalue weighted by Gasteiger charge is -2.25. The summed E-state index contributed by atoms with van der Waals surface area (Å²) < 4.78 is 10.9. The third kappa shape index (κ3) is 4.66. The first-order valence-corrected chi connectivity index (χ1v) is 11.2. The van der Waals surface area contributed by atoms with Gasteiger partial charge in [-0.15, -0.1) is 0 Å². The SMILES string of the molecule is CCCOc1ccc(C2/C(=C(\O)c3cccc(OC)c3)C(=O)C(=O)N2Cc2ccccc2)cc1. The summed E-state index contributed by atoms with van der Waals surface area (Å²) in [4.78, 5) is 27.9. The number of benzene rings is 3. The first-order valence-electron chi connectivity index (χ1n) is 11.2. The molecule has 1 amide bonds. The van der Waals surface area contributed by atoms with E-state index in [9.17, 15) is 14.7 Å². The van der Waals surface area contributed by atoms with Gasteiger partial charge in [-0.05, 0) is 41.8 Å². The van der Waals surface area contributed by atoms with E-state index in [1.807, 2.05) is 61.5 Å².